The number of rotatable bonds is 8. The summed E-state index contributed by atoms with van der Waals surface area (Å²) >= 11 is 0. The highest BCUT2D eigenvalue weighted by Crippen LogP contribution is 2.70. The van der Waals surface area contributed by atoms with E-state index in [9.17, 15) is 29.9 Å². The van der Waals surface area contributed by atoms with Gasteiger partial charge in [0.2, 0.25) is 12.0 Å². The van der Waals surface area contributed by atoms with E-state index in [1.165, 1.54) is 26.0 Å². The number of carbonyl (C=O) groups excluding carboxylic acids is 4. The van der Waals surface area contributed by atoms with E-state index in [-0.39, 0.29) is 12.3 Å². The van der Waals surface area contributed by atoms with Crippen LogP contribution in [0.4, 0.5) is 0 Å². The lowest BCUT2D eigenvalue weighted by atomic mass is 9.47. The summed E-state index contributed by atoms with van der Waals surface area (Å²) in [6.45, 7) is 7.98. The second kappa shape index (κ2) is 14.9. The lowest BCUT2D eigenvalue weighted by Gasteiger charge is -2.63. The molecule has 4 fully saturated rings. The number of allylic oxidation sites excluding steroid dienone is 1. The topological polar surface area (TPSA) is 195 Å². The second-order valence-corrected chi connectivity index (χ2v) is 18.8. The molecule has 15 nitrogen and oxygen atoms in total. The van der Waals surface area contributed by atoms with E-state index in [0.29, 0.717) is 93.8 Å². The van der Waals surface area contributed by atoms with Crippen LogP contribution in [0.15, 0.2) is 53.8 Å². The number of aromatic nitrogens is 1. The van der Waals surface area contributed by atoms with Gasteiger partial charge in [-0.05, 0) is 86.4 Å². The van der Waals surface area contributed by atoms with Crippen LogP contribution in [0.5, 0.6) is 0 Å². The molecule has 2 bridgehead atoms. The number of esters is 3. The number of fused-ring (bicyclic) bond motifs is 6. The molecule has 15 heteroatoms. The highest BCUT2D eigenvalue weighted by atomic mass is 16.6. The van der Waals surface area contributed by atoms with Crippen LogP contribution in [-0.4, -0.2) is 144 Å². The molecule has 1 aromatic carbocycles. The van der Waals surface area contributed by atoms with E-state index < -0.39 is 75.6 Å². The Labute approximate surface area is 361 Å². The van der Waals surface area contributed by atoms with Gasteiger partial charge in [0.05, 0.1) is 43.6 Å². The molecule has 12 atom stereocenters. The molecule has 3 unspecified atom stereocenters. The minimum atomic E-state index is -2.54. The van der Waals surface area contributed by atoms with E-state index in [1.54, 1.807) is 13.2 Å². The molecule has 7 aliphatic rings. The Morgan fingerprint density at radius 2 is 1.81 bits per heavy atom. The SMILES string of the molecule is CC[C@]1(O)C[C@H]2CN(CCc3c([nH]c4ccc(C#N)cc34)[C@@](C(=O)OC)(C3C=C4C(=CC3OC)N(C=O)[C@H]3[C@@](O)(C(=O)OC)[C@H](OC(C)=O)[C@]5(CC)C=CCN6CC[C@]43[C@@H]65)C2)C1. The molecule has 2 aliphatic carbocycles. The Morgan fingerprint density at radius 3 is 2.47 bits per heavy atom. The van der Waals surface area contributed by atoms with Gasteiger partial charge in [0, 0.05) is 85.3 Å². The van der Waals surface area contributed by atoms with E-state index in [0.717, 1.165) is 16.5 Å². The number of benzene rings is 1. The predicted octanol–water partition coefficient (Wildman–Crippen LogP) is 3.03. The quantitative estimate of drug-likeness (QED) is 0.152. The molecule has 62 heavy (non-hydrogen) atoms. The van der Waals surface area contributed by atoms with Gasteiger partial charge in [0.15, 0.2) is 6.10 Å². The Hall–Kier alpha value is -4.85. The first-order chi connectivity index (χ1) is 29.7. The maximum Gasteiger partial charge on any atom is 0.344 e. The monoisotopic (exact) mass is 851 g/mol. The van der Waals surface area contributed by atoms with Crippen molar-refractivity contribution in [3.05, 3.63) is 70.6 Å². The summed E-state index contributed by atoms with van der Waals surface area (Å²) in [6.07, 6.45) is 8.67. The summed E-state index contributed by atoms with van der Waals surface area (Å²) < 4.78 is 23.8. The number of likely N-dealkylation sites (tertiary alicyclic amines) is 1. The largest absolute Gasteiger partial charge is 0.468 e. The van der Waals surface area contributed by atoms with Gasteiger partial charge < -0.3 is 39.0 Å². The number of ether oxygens (including phenoxy) is 4. The number of nitrogens with zero attached hydrogens (tertiary/aromatic N) is 4. The zero-order chi connectivity index (χ0) is 44.1. The number of H-pyrrole nitrogens is 1. The van der Waals surface area contributed by atoms with Gasteiger partial charge in [-0.3, -0.25) is 24.2 Å². The zero-order valence-electron chi connectivity index (χ0n) is 36.3. The number of nitriles is 1. The van der Waals surface area contributed by atoms with Gasteiger partial charge in [0.1, 0.15) is 5.41 Å². The van der Waals surface area contributed by atoms with Crippen molar-refractivity contribution >= 4 is 35.2 Å². The number of nitrogens with one attached hydrogen (secondary N) is 1. The van der Waals surface area contributed by atoms with Crippen molar-refractivity contribution in [3.8, 4) is 6.07 Å². The minimum Gasteiger partial charge on any atom is -0.468 e. The van der Waals surface area contributed by atoms with E-state index >= 15 is 4.79 Å². The highest BCUT2D eigenvalue weighted by molar-refractivity contribution is 5.92. The van der Waals surface area contributed by atoms with Crippen LogP contribution in [0.1, 0.15) is 69.7 Å². The maximum atomic E-state index is 15.4. The van der Waals surface area contributed by atoms with Crippen LogP contribution in [0, 0.1) is 34.0 Å². The number of aromatic amines is 1. The smallest absolute Gasteiger partial charge is 0.344 e. The number of hydrogen-bond acceptors (Lipinski definition) is 13. The molecule has 3 N–H and O–H groups in total. The third-order valence-corrected chi connectivity index (χ3v) is 16.1. The first-order valence-corrected chi connectivity index (χ1v) is 21.9. The number of amides is 1. The van der Waals surface area contributed by atoms with Crippen molar-refractivity contribution in [2.45, 2.75) is 100 Å². The molecule has 6 heterocycles. The van der Waals surface area contributed by atoms with Crippen LogP contribution in [-0.2, 0) is 50.0 Å². The van der Waals surface area contributed by atoms with E-state index in [2.05, 4.69) is 20.9 Å². The first-order valence-electron chi connectivity index (χ1n) is 21.9. The van der Waals surface area contributed by atoms with E-state index in [1.807, 2.05) is 50.3 Å². The number of methoxy groups -OCH3 is 3. The number of hydrogen-bond donors (Lipinski definition) is 3. The van der Waals surface area contributed by atoms with Gasteiger partial charge in [0.25, 0.3) is 0 Å². The summed E-state index contributed by atoms with van der Waals surface area (Å²) in [6, 6.07) is 5.98. The van der Waals surface area contributed by atoms with Crippen molar-refractivity contribution in [2.24, 2.45) is 22.7 Å². The molecule has 330 valence electrons. The Balaban J connectivity index is 1.35. The van der Waals surface area contributed by atoms with Gasteiger partial charge in [-0.15, -0.1) is 0 Å². The third-order valence-electron chi connectivity index (χ3n) is 16.1. The lowest BCUT2D eigenvalue weighted by molar-refractivity contribution is -0.242. The summed E-state index contributed by atoms with van der Waals surface area (Å²) in [7, 11) is 4.10. The van der Waals surface area contributed by atoms with Crippen LogP contribution >= 0.6 is 0 Å². The van der Waals surface area contributed by atoms with E-state index in [4.69, 9.17) is 18.9 Å². The molecular weight excluding hydrogens is 795 g/mol. The molecule has 9 rings (SSSR count). The molecule has 1 aromatic heterocycles. The summed E-state index contributed by atoms with van der Waals surface area (Å²) in [5, 5.41) is 36.2. The Kier molecular flexibility index (Phi) is 10.2. The molecule has 5 aliphatic heterocycles. The van der Waals surface area contributed by atoms with Gasteiger partial charge in [-0.1, -0.05) is 32.1 Å². The van der Waals surface area contributed by atoms with Crippen molar-refractivity contribution < 1.29 is 48.3 Å². The highest BCUT2D eigenvalue weighted by Gasteiger charge is 2.82. The van der Waals surface area contributed by atoms with Crippen molar-refractivity contribution in [3.63, 3.8) is 0 Å². The Morgan fingerprint density at radius 1 is 1.03 bits per heavy atom. The fourth-order valence-corrected chi connectivity index (χ4v) is 13.9. The average molecular weight is 852 g/mol. The van der Waals surface area contributed by atoms with Crippen molar-refractivity contribution in [1.29, 1.82) is 5.26 Å². The standard InChI is InChI=1S/C47H57N5O10/c1-7-43(57)21-29-22-46(41(55)60-5,37-30(12-16-50(24-29)25-43)31-18-28(23-48)10-11-34(31)49-37)33-19-32-35(20-36(33)59-4)52(26-53)39-45(32)14-17-51-15-9-13-44(8-2,38(45)51)40(62-27(3)54)47(39,58)42(56)61-6/h9-11,13,18-20,26,29,33,36,38-40,49,57-58H,7-8,12,14-17,21-22,24-25H2,1-6H3/t29-,33?,36?,38+,39-,40-,43+,44-,45-,46+,47+/m1/s1. The van der Waals surface area contributed by atoms with Crippen molar-refractivity contribution in [2.75, 3.05) is 54.1 Å². The predicted molar refractivity (Wildman–Crippen MR) is 224 cm³/mol. The van der Waals surface area contributed by atoms with Crippen LogP contribution < -0.4 is 0 Å². The number of carbonyl (C=O) groups is 4. The Bertz CT molecular complexity index is 2370. The third kappa shape index (κ3) is 5.52. The van der Waals surface area contributed by atoms with Gasteiger partial charge in [-0.2, -0.15) is 5.26 Å². The molecular formula is C47H57N5O10. The summed E-state index contributed by atoms with van der Waals surface area (Å²) in [4.78, 5) is 66.3. The first kappa shape index (κ1) is 42.5. The average Bonchev–Trinajstić information content (AvgIpc) is 3.95. The zero-order valence-corrected chi connectivity index (χ0v) is 36.3. The van der Waals surface area contributed by atoms with Gasteiger partial charge in [-0.25, -0.2) is 4.79 Å². The molecule has 1 spiro atoms. The normalized spacial score (nSPS) is 39.3. The maximum absolute atomic E-state index is 15.4. The second-order valence-electron chi connectivity index (χ2n) is 18.8. The van der Waals surface area contributed by atoms with Crippen LogP contribution in [0.3, 0.4) is 0 Å². The van der Waals surface area contributed by atoms with Gasteiger partial charge >= 0.3 is 17.9 Å². The molecule has 0 radical (unpaired) electrons. The lowest BCUT2D eigenvalue weighted by Crippen LogP contribution is -2.80. The van der Waals surface area contributed by atoms with Crippen LogP contribution in [0.2, 0.25) is 0 Å². The number of piperidine rings is 1. The number of aliphatic hydroxyl groups is 2. The minimum absolute atomic E-state index is 0.177. The fourth-order valence-electron chi connectivity index (χ4n) is 13.9. The summed E-state index contributed by atoms with van der Waals surface area (Å²) in [5.41, 5.74) is -3.43. The fraction of sp³-hybridized carbons (Fsp3) is 0.596. The molecule has 2 aromatic rings. The van der Waals surface area contributed by atoms with Crippen molar-refractivity contribution in [1.82, 2.24) is 19.7 Å². The molecule has 3 saturated heterocycles. The molecule has 1 saturated carbocycles. The van der Waals surface area contributed by atoms with Crippen LogP contribution in [0.25, 0.3) is 10.9 Å². The molecule has 1 amide bonds. The summed E-state index contributed by atoms with van der Waals surface area (Å²) in [5.74, 6) is -3.21.